The van der Waals surface area contributed by atoms with Gasteiger partial charge in [-0.2, -0.15) is 0 Å². The lowest BCUT2D eigenvalue weighted by Crippen LogP contribution is -2.40. The van der Waals surface area contributed by atoms with E-state index in [0.29, 0.717) is 18.2 Å². The van der Waals surface area contributed by atoms with Crippen LogP contribution in [0.5, 0.6) is 5.75 Å². The van der Waals surface area contributed by atoms with Crippen LogP contribution in [0.1, 0.15) is 53.9 Å². The molecule has 4 nitrogen and oxygen atoms in total. The maximum absolute atomic E-state index is 12.4. The van der Waals surface area contributed by atoms with Crippen LogP contribution >= 0.6 is 7.75 Å². The maximum atomic E-state index is 12.4. The van der Waals surface area contributed by atoms with Gasteiger partial charge in [0.15, 0.2) is 0 Å². The van der Waals surface area contributed by atoms with Crippen LogP contribution in [0.15, 0.2) is 78.9 Å². The van der Waals surface area contributed by atoms with Crippen molar-refractivity contribution in [2.75, 3.05) is 6.54 Å². The molecule has 3 aliphatic rings. The van der Waals surface area contributed by atoms with Crippen molar-refractivity contribution in [3.05, 3.63) is 101 Å². The lowest BCUT2D eigenvalue weighted by Gasteiger charge is -2.50. The molecule has 2 bridgehead atoms. The van der Waals surface area contributed by atoms with Gasteiger partial charge in [-0.15, -0.1) is 0 Å². The predicted octanol–water partition coefficient (Wildman–Crippen LogP) is 5.76. The lowest BCUT2D eigenvalue weighted by molar-refractivity contribution is 0.335. The fourth-order valence-electron chi connectivity index (χ4n) is 5.42. The topological polar surface area (TPSA) is 58.6 Å². The molecule has 1 atom stereocenters. The molecule has 2 N–H and O–H groups in total. The second kappa shape index (κ2) is 7.70. The van der Waals surface area contributed by atoms with Gasteiger partial charge in [-0.05, 0) is 60.1 Å². The molecule has 0 fully saturated rings. The van der Waals surface area contributed by atoms with Crippen LogP contribution in [0.2, 0.25) is 0 Å². The first-order valence-electron chi connectivity index (χ1n) is 10.6. The fourth-order valence-corrected chi connectivity index (χ4v) is 6.33. The van der Waals surface area contributed by atoms with E-state index in [1.165, 1.54) is 22.3 Å². The molecule has 0 heterocycles. The van der Waals surface area contributed by atoms with E-state index < -0.39 is 7.75 Å². The molecule has 3 aromatic carbocycles. The monoisotopic (exact) mass is 419 g/mol. The van der Waals surface area contributed by atoms with Crippen molar-refractivity contribution < 1.29 is 14.0 Å². The average Bonchev–Trinajstić information content (AvgIpc) is 2.78. The van der Waals surface area contributed by atoms with Crippen molar-refractivity contribution in [3.8, 4) is 5.75 Å². The highest BCUT2D eigenvalue weighted by molar-refractivity contribution is 7.51. The first kappa shape index (κ1) is 19.6. The Morgan fingerprint density at radius 1 is 0.933 bits per heavy atom. The molecule has 0 aliphatic heterocycles. The van der Waals surface area contributed by atoms with Gasteiger partial charge < -0.3 is 9.42 Å². The highest BCUT2D eigenvalue weighted by Crippen LogP contribution is 2.58. The second-order valence-corrected chi connectivity index (χ2v) is 9.82. The molecule has 5 heteroatoms. The zero-order chi connectivity index (χ0) is 20.6. The summed E-state index contributed by atoms with van der Waals surface area (Å²) < 4.78 is 17.7. The van der Waals surface area contributed by atoms with Crippen molar-refractivity contribution in [1.29, 1.82) is 0 Å². The molecule has 154 valence electrons. The van der Waals surface area contributed by atoms with Gasteiger partial charge in [0, 0.05) is 17.9 Å². The van der Waals surface area contributed by atoms with E-state index in [1.807, 2.05) is 6.07 Å². The van der Waals surface area contributed by atoms with E-state index in [-0.39, 0.29) is 5.41 Å². The molecule has 6 rings (SSSR count). The number of fused-ring (bicyclic) bond motifs is 1. The van der Waals surface area contributed by atoms with E-state index >= 15 is 0 Å². The van der Waals surface area contributed by atoms with Crippen molar-refractivity contribution in [3.63, 3.8) is 0 Å². The highest BCUT2D eigenvalue weighted by Gasteiger charge is 2.47. The molecule has 1 unspecified atom stereocenters. The Kier molecular flexibility index (Phi) is 5.02. The Balaban J connectivity index is 1.32. The summed E-state index contributed by atoms with van der Waals surface area (Å²) in [6, 6.07) is 26.4. The first-order valence-corrected chi connectivity index (χ1v) is 12.2. The van der Waals surface area contributed by atoms with Gasteiger partial charge >= 0.3 is 7.75 Å². The molecule has 3 aromatic rings. The average molecular weight is 419 g/mol. The maximum Gasteiger partial charge on any atom is 0.456 e. The summed E-state index contributed by atoms with van der Waals surface area (Å²) in [4.78, 5) is 10.2. The molecule has 0 saturated carbocycles. The SMILES string of the molecule is O=P(O)(NCCCC12CCC(c3ccccc31)c1ccccc12)Oc1ccccc1. The quantitative estimate of drug-likeness (QED) is 0.378. The van der Waals surface area contributed by atoms with Gasteiger partial charge in [0.2, 0.25) is 0 Å². The molecule has 0 saturated heterocycles. The molecular formula is C25H26NO3P. The van der Waals surface area contributed by atoms with E-state index in [9.17, 15) is 9.46 Å². The smallest absolute Gasteiger partial charge is 0.413 e. The number of para-hydroxylation sites is 1. The number of benzene rings is 3. The summed E-state index contributed by atoms with van der Waals surface area (Å²) in [7, 11) is -3.89. The zero-order valence-electron chi connectivity index (χ0n) is 16.8. The molecule has 0 aromatic heterocycles. The molecular weight excluding hydrogens is 393 g/mol. The fraction of sp³-hybridized carbons (Fsp3) is 0.280. The van der Waals surface area contributed by atoms with Crippen LogP contribution in [0.3, 0.4) is 0 Å². The predicted molar refractivity (Wildman–Crippen MR) is 119 cm³/mol. The summed E-state index contributed by atoms with van der Waals surface area (Å²) in [5.74, 6) is 0.886. The Labute approximate surface area is 177 Å². The first-order chi connectivity index (χ1) is 14.6. The van der Waals surface area contributed by atoms with Gasteiger partial charge in [-0.3, -0.25) is 0 Å². The van der Waals surface area contributed by atoms with E-state index in [4.69, 9.17) is 4.52 Å². The third-order valence-electron chi connectivity index (χ3n) is 6.63. The molecule has 30 heavy (non-hydrogen) atoms. The highest BCUT2D eigenvalue weighted by atomic mass is 31.2. The van der Waals surface area contributed by atoms with Crippen LogP contribution in [-0.4, -0.2) is 11.4 Å². The van der Waals surface area contributed by atoms with Gasteiger partial charge in [0.05, 0.1) is 0 Å². The minimum atomic E-state index is -3.89. The van der Waals surface area contributed by atoms with Crippen LogP contribution in [0.4, 0.5) is 0 Å². The van der Waals surface area contributed by atoms with Crippen molar-refractivity contribution in [1.82, 2.24) is 5.09 Å². The third kappa shape index (κ3) is 3.39. The summed E-state index contributed by atoms with van der Waals surface area (Å²) in [5, 5.41) is 2.74. The number of nitrogens with one attached hydrogen (secondary N) is 1. The summed E-state index contributed by atoms with van der Waals surface area (Å²) in [5.41, 5.74) is 5.77. The zero-order valence-corrected chi connectivity index (χ0v) is 17.7. The van der Waals surface area contributed by atoms with Gasteiger partial charge in [0.1, 0.15) is 5.75 Å². The van der Waals surface area contributed by atoms with Crippen LogP contribution < -0.4 is 9.61 Å². The van der Waals surface area contributed by atoms with Crippen molar-refractivity contribution in [2.24, 2.45) is 0 Å². The third-order valence-corrected chi connectivity index (χ3v) is 7.71. The van der Waals surface area contributed by atoms with Crippen molar-refractivity contribution >= 4 is 7.75 Å². The number of hydrogen-bond donors (Lipinski definition) is 2. The molecule has 0 radical (unpaired) electrons. The van der Waals surface area contributed by atoms with Crippen LogP contribution in [-0.2, 0) is 9.98 Å². The standard InChI is InChI=1S/C25H26NO3P/c27-30(28,29-19-9-2-1-3-10-19)26-18-8-16-25-17-15-20(21-11-4-6-13-23(21)25)22-12-5-7-14-24(22)25/h1-7,9-14,20H,8,15-18H2,(H2,26,27,28). The lowest BCUT2D eigenvalue weighted by atomic mass is 9.54. The molecule has 3 aliphatic carbocycles. The molecule has 0 spiro atoms. The normalized spacial score (nSPS) is 23.3. The Morgan fingerprint density at radius 2 is 1.53 bits per heavy atom. The minimum absolute atomic E-state index is 0.0106. The van der Waals surface area contributed by atoms with Crippen molar-refractivity contribution in [2.45, 2.75) is 37.0 Å². The molecule has 0 amide bonds. The number of hydrogen-bond acceptors (Lipinski definition) is 2. The van der Waals surface area contributed by atoms with Gasteiger partial charge in [-0.1, -0.05) is 66.7 Å². The number of rotatable bonds is 7. The Bertz CT molecular complexity index is 1050. The summed E-state index contributed by atoms with van der Waals surface area (Å²) in [6.45, 7) is 0.427. The largest absolute Gasteiger partial charge is 0.456 e. The minimum Gasteiger partial charge on any atom is -0.413 e. The van der Waals surface area contributed by atoms with Crippen LogP contribution in [0.25, 0.3) is 0 Å². The second-order valence-electron chi connectivity index (χ2n) is 8.28. The van der Waals surface area contributed by atoms with E-state index in [1.54, 1.807) is 24.3 Å². The Morgan fingerprint density at radius 3 is 2.20 bits per heavy atom. The Hall–Kier alpha value is -2.39. The van der Waals surface area contributed by atoms with E-state index in [2.05, 4.69) is 53.6 Å². The summed E-state index contributed by atoms with van der Waals surface area (Å²) >= 11 is 0. The van der Waals surface area contributed by atoms with Crippen LogP contribution in [0, 0.1) is 0 Å². The van der Waals surface area contributed by atoms with Gasteiger partial charge in [0.25, 0.3) is 0 Å². The van der Waals surface area contributed by atoms with Gasteiger partial charge in [-0.25, -0.2) is 9.65 Å². The summed E-state index contributed by atoms with van der Waals surface area (Å²) in [6.07, 6.45) is 4.02. The van der Waals surface area contributed by atoms with E-state index in [0.717, 1.165) is 25.7 Å².